The van der Waals surface area contributed by atoms with E-state index in [0.717, 1.165) is 5.56 Å². The van der Waals surface area contributed by atoms with Gasteiger partial charge in [0.15, 0.2) is 11.5 Å². The summed E-state index contributed by atoms with van der Waals surface area (Å²) in [6, 6.07) is 8.79. The third-order valence-corrected chi connectivity index (χ3v) is 3.26. The molecule has 1 unspecified atom stereocenters. The SMILES string of the molecule is CCOc1ccc(C(=O)NC(C)c2cccnc2)cc1OC. The number of amides is 1. The van der Waals surface area contributed by atoms with Gasteiger partial charge in [-0.25, -0.2) is 0 Å². The molecule has 0 aliphatic carbocycles. The molecule has 5 heteroatoms. The number of benzene rings is 1. The Morgan fingerprint density at radius 2 is 2.14 bits per heavy atom. The number of ether oxygens (including phenoxy) is 2. The van der Waals surface area contributed by atoms with Gasteiger partial charge in [0, 0.05) is 18.0 Å². The van der Waals surface area contributed by atoms with Crippen LogP contribution in [0, 0.1) is 0 Å². The predicted molar refractivity (Wildman–Crippen MR) is 84.3 cm³/mol. The Morgan fingerprint density at radius 3 is 2.77 bits per heavy atom. The summed E-state index contributed by atoms with van der Waals surface area (Å²) in [6.45, 7) is 4.36. The summed E-state index contributed by atoms with van der Waals surface area (Å²) in [5.41, 5.74) is 1.48. The first-order chi connectivity index (χ1) is 10.7. The normalized spacial score (nSPS) is 11.6. The van der Waals surface area contributed by atoms with E-state index < -0.39 is 0 Å². The molecule has 1 amide bonds. The van der Waals surface area contributed by atoms with Gasteiger partial charge >= 0.3 is 0 Å². The maximum atomic E-state index is 12.3. The number of hydrogen-bond donors (Lipinski definition) is 1. The lowest BCUT2D eigenvalue weighted by Crippen LogP contribution is -2.26. The number of carbonyl (C=O) groups is 1. The van der Waals surface area contributed by atoms with E-state index in [9.17, 15) is 4.79 Å². The van der Waals surface area contributed by atoms with Crippen molar-refractivity contribution >= 4 is 5.91 Å². The molecule has 1 aromatic heterocycles. The van der Waals surface area contributed by atoms with Crippen molar-refractivity contribution in [2.45, 2.75) is 19.9 Å². The molecule has 0 aliphatic rings. The number of rotatable bonds is 6. The first-order valence-corrected chi connectivity index (χ1v) is 7.17. The molecule has 0 aliphatic heterocycles. The number of aromatic nitrogens is 1. The molecule has 2 rings (SSSR count). The highest BCUT2D eigenvalue weighted by Crippen LogP contribution is 2.28. The molecule has 1 aromatic carbocycles. The Kier molecular flexibility index (Phi) is 5.36. The second-order valence-corrected chi connectivity index (χ2v) is 4.78. The number of nitrogens with one attached hydrogen (secondary N) is 1. The number of methoxy groups -OCH3 is 1. The van der Waals surface area contributed by atoms with Crippen LogP contribution < -0.4 is 14.8 Å². The van der Waals surface area contributed by atoms with Gasteiger partial charge in [0.25, 0.3) is 5.91 Å². The van der Waals surface area contributed by atoms with E-state index in [1.807, 2.05) is 26.0 Å². The fraction of sp³-hybridized carbons (Fsp3) is 0.294. The van der Waals surface area contributed by atoms with Gasteiger partial charge < -0.3 is 14.8 Å². The van der Waals surface area contributed by atoms with Gasteiger partial charge in [-0.2, -0.15) is 0 Å². The molecule has 1 atom stereocenters. The zero-order chi connectivity index (χ0) is 15.9. The van der Waals surface area contributed by atoms with Crippen LogP contribution in [0.2, 0.25) is 0 Å². The van der Waals surface area contributed by atoms with E-state index >= 15 is 0 Å². The average molecular weight is 300 g/mol. The van der Waals surface area contributed by atoms with Crippen LogP contribution in [0.5, 0.6) is 11.5 Å². The van der Waals surface area contributed by atoms with E-state index in [1.165, 1.54) is 0 Å². The van der Waals surface area contributed by atoms with Crippen LogP contribution >= 0.6 is 0 Å². The zero-order valence-corrected chi connectivity index (χ0v) is 13.0. The minimum atomic E-state index is -0.169. The van der Waals surface area contributed by atoms with Crippen LogP contribution in [-0.4, -0.2) is 24.6 Å². The maximum absolute atomic E-state index is 12.3. The highest BCUT2D eigenvalue weighted by atomic mass is 16.5. The van der Waals surface area contributed by atoms with Gasteiger partial charge in [0.05, 0.1) is 19.8 Å². The van der Waals surface area contributed by atoms with Gasteiger partial charge in [-0.3, -0.25) is 9.78 Å². The molecule has 0 bridgehead atoms. The lowest BCUT2D eigenvalue weighted by molar-refractivity contribution is 0.0939. The molecule has 0 radical (unpaired) electrons. The Labute approximate surface area is 130 Å². The minimum absolute atomic E-state index is 0.126. The highest BCUT2D eigenvalue weighted by molar-refractivity contribution is 5.95. The molecule has 1 N–H and O–H groups in total. The Morgan fingerprint density at radius 1 is 1.32 bits per heavy atom. The van der Waals surface area contributed by atoms with Gasteiger partial charge in [0.2, 0.25) is 0 Å². The van der Waals surface area contributed by atoms with Crippen molar-refractivity contribution in [3.8, 4) is 11.5 Å². The zero-order valence-electron chi connectivity index (χ0n) is 13.0. The Hall–Kier alpha value is -2.56. The minimum Gasteiger partial charge on any atom is -0.493 e. The summed E-state index contributed by atoms with van der Waals surface area (Å²) in [4.78, 5) is 16.4. The van der Waals surface area contributed by atoms with Crippen molar-refractivity contribution in [1.82, 2.24) is 10.3 Å². The lowest BCUT2D eigenvalue weighted by Gasteiger charge is -2.15. The molecule has 116 valence electrons. The number of hydrogen-bond acceptors (Lipinski definition) is 4. The molecule has 2 aromatic rings. The Balaban J connectivity index is 2.12. The van der Waals surface area contributed by atoms with E-state index in [-0.39, 0.29) is 11.9 Å². The third-order valence-electron chi connectivity index (χ3n) is 3.26. The predicted octanol–water partition coefficient (Wildman–Crippen LogP) is 2.98. The molecule has 5 nitrogen and oxygen atoms in total. The fourth-order valence-electron chi connectivity index (χ4n) is 2.08. The molecule has 0 fully saturated rings. The fourth-order valence-corrected chi connectivity index (χ4v) is 2.08. The molecule has 22 heavy (non-hydrogen) atoms. The van der Waals surface area contributed by atoms with Gasteiger partial charge in [-0.05, 0) is 43.7 Å². The summed E-state index contributed by atoms with van der Waals surface area (Å²) in [5.74, 6) is 1.00. The largest absolute Gasteiger partial charge is 0.493 e. The first-order valence-electron chi connectivity index (χ1n) is 7.17. The second kappa shape index (κ2) is 7.45. The van der Waals surface area contributed by atoms with E-state index in [2.05, 4.69) is 10.3 Å². The number of pyridine rings is 1. The van der Waals surface area contributed by atoms with Gasteiger partial charge in [0.1, 0.15) is 0 Å². The summed E-state index contributed by atoms with van der Waals surface area (Å²) in [7, 11) is 1.55. The van der Waals surface area contributed by atoms with Crippen molar-refractivity contribution in [3.05, 3.63) is 53.9 Å². The van der Waals surface area contributed by atoms with Crippen LogP contribution in [0.15, 0.2) is 42.7 Å². The monoisotopic (exact) mass is 300 g/mol. The van der Waals surface area contributed by atoms with Crippen LogP contribution in [0.1, 0.15) is 35.8 Å². The second-order valence-electron chi connectivity index (χ2n) is 4.78. The van der Waals surface area contributed by atoms with Crippen LogP contribution in [0.3, 0.4) is 0 Å². The molecular weight excluding hydrogens is 280 g/mol. The third kappa shape index (κ3) is 3.75. The Bertz CT molecular complexity index is 629. The van der Waals surface area contributed by atoms with Crippen molar-refractivity contribution in [1.29, 1.82) is 0 Å². The van der Waals surface area contributed by atoms with E-state index in [1.54, 1.807) is 37.7 Å². The maximum Gasteiger partial charge on any atom is 0.251 e. The summed E-state index contributed by atoms with van der Waals surface area (Å²) in [6.07, 6.45) is 3.44. The van der Waals surface area contributed by atoms with Crippen molar-refractivity contribution in [2.75, 3.05) is 13.7 Å². The topological polar surface area (TPSA) is 60.5 Å². The summed E-state index contributed by atoms with van der Waals surface area (Å²) < 4.78 is 10.7. The quantitative estimate of drug-likeness (QED) is 0.891. The first kappa shape index (κ1) is 15.8. The van der Waals surface area contributed by atoms with Crippen molar-refractivity contribution in [3.63, 3.8) is 0 Å². The summed E-state index contributed by atoms with van der Waals surface area (Å²) >= 11 is 0. The van der Waals surface area contributed by atoms with Crippen LogP contribution in [-0.2, 0) is 0 Å². The average Bonchev–Trinajstić information content (AvgIpc) is 2.56. The highest BCUT2D eigenvalue weighted by Gasteiger charge is 2.14. The van der Waals surface area contributed by atoms with Gasteiger partial charge in [-0.1, -0.05) is 6.07 Å². The number of nitrogens with zero attached hydrogens (tertiary/aromatic N) is 1. The molecule has 0 saturated carbocycles. The smallest absolute Gasteiger partial charge is 0.251 e. The van der Waals surface area contributed by atoms with Crippen molar-refractivity contribution < 1.29 is 14.3 Å². The van der Waals surface area contributed by atoms with Crippen LogP contribution in [0.4, 0.5) is 0 Å². The number of carbonyl (C=O) groups excluding carboxylic acids is 1. The van der Waals surface area contributed by atoms with E-state index in [4.69, 9.17) is 9.47 Å². The van der Waals surface area contributed by atoms with Gasteiger partial charge in [-0.15, -0.1) is 0 Å². The molecular formula is C17H20N2O3. The molecule has 0 saturated heterocycles. The summed E-state index contributed by atoms with van der Waals surface area (Å²) in [5, 5.41) is 2.94. The molecule has 0 spiro atoms. The van der Waals surface area contributed by atoms with E-state index in [0.29, 0.717) is 23.7 Å². The van der Waals surface area contributed by atoms with Crippen LogP contribution in [0.25, 0.3) is 0 Å². The lowest BCUT2D eigenvalue weighted by atomic mass is 10.1. The molecule has 1 heterocycles. The standard InChI is InChI=1S/C17H20N2O3/c1-4-22-15-8-7-13(10-16(15)21-3)17(20)19-12(2)14-6-5-9-18-11-14/h5-12H,4H2,1-3H3,(H,19,20). The van der Waals surface area contributed by atoms with Crippen molar-refractivity contribution in [2.24, 2.45) is 0 Å².